The molecule has 1 amide bonds. The molecule has 3 rings (SSSR count). The van der Waals surface area contributed by atoms with Crippen LogP contribution in [0.15, 0.2) is 42.5 Å². The summed E-state index contributed by atoms with van der Waals surface area (Å²) in [6.07, 6.45) is -17.0. The Kier molecular flexibility index (Phi) is 7.61. The van der Waals surface area contributed by atoms with Gasteiger partial charge in [0.05, 0.1) is 5.69 Å². The average molecular weight is 545 g/mol. The molecule has 1 aliphatic heterocycles. The SMILES string of the molecule is Nc1ccc(C(=O)N2CCN(Cc3ccc(C(O)(C(F)(F)F)C(F)(F)F)cc3)CC2)cc1OC(F)(F)F. The largest absolute Gasteiger partial charge is 0.573 e. The van der Waals surface area contributed by atoms with Crippen molar-refractivity contribution >= 4 is 11.6 Å². The highest BCUT2D eigenvalue weighted by Gasteiger charge is 2.71. The molecule has 6 nitrogen and oxygen atoms in total. The number of benzene rings is 2. The first-order chi connectivity index (χ1) is 16.9. The van der Waals surface area contributed by atoms with Gasteiger partial charge in [0.25, 0.3) is 11.5 Å². The summed E-state index contributed by atoms with van der Waals surface area (Å²) in [7, 11) is 0. The molecule has 3 N–H and O–H groups in total. The van der Waals surface area contributed by atoms with Crippen LogP contribution < -0.4 is 10.5 Å². The first kappa shape index (κ1) is 28.4. The number of anilines is 1. The third-order valence-electron chi connectivity index (χ3n) is 5.74. The topological polar surface area (TPSA) is 79.0 Å². The molecular formula is C22H20F9N3O3. The number of halogens is 9. The lowest BCUT2D eigenvalue weighted by molar-refractivity contribution is -0.376. The highest BCUT2D eigenvalue weighted by atomic mass is 19.4. The minimum atomic E-state index is -5.99. The van der Waals surface area contributed by atoms with Gasteiger partial charge in [-0.25, -0.2) is 0 Å². The predicted octanol–water partition coefficient (Wildman–Crippen LogP) is 4.44. The summed E-state index contributed by atoms with van der Waals surface area (Å²) >= 11 is 0. The zero-order valence-corrected chi connectivity index (χ0v) is 18.7. The molecule has 15 heteroatoms. The van der Waals surface area contributed by atoms with Crippen LogP contribution in [0.1, 0.15) is 21.5 Å². The number of nitrogens with zero attached hydrogens (tertiary/aromatic N) is 2. The Bertz CT molecular complexity index is 1090. The summed E-state index contributed by atoms with van der Waals surface area (Å²) in [4.78, 5) is 15.9. The number of nitrogen functional groups attached to an aromatic ring is 1. The number of hydrogen-bond donors (Lipinski definition) is 2. The number of aliphatic hydroxyl groups is 1. The van der Waals surface area contributed by atoms with Gasteiger partial charge in [-0.3, -0.25) is 9.69 Å². The third kappa shape index (κ3) is 6.21. The van der Waals surface area contributed by atoms with Gasteiger partial charge in [0.1, 0.15) is 0 Å². The van der Waals surface area contributed by atoms with E-state index in [1.54, 1.807) is 4.90 Å². The van der Waals surface area contributed by atoms with Crippen LogP contribution in [0.3, 0.4) is 0 Å². The van der Waals surface area contributed by atoms with E-state index >= 15 is 0 Å². The average Bonchev–Trinajstić information content (AvgIpc) is 2.78. The van der Waals surface area contributed by atoms with Gasteiger partial charge in [-0.15, -0.1) is 13.2 Å². The second-order valence-corrected chi connectivity index (χ2v) is 8.27. The molecule has 0 atom stereocenters. The summed E-state index contributed by atoms with van der Waals surface area (Å²) < 4.78 is 120. The Morgan fingerprint density at radius 3 is 1.89 bits per heavy atom. The highest BCUT2D eigenvalue weighted by molar-refractivity contribution is 5.95. The molecule has 0 radical (unpaired) electrons. The molecule has 2 aromatic carbocycles. The van der Waals surface area contributed by atoms with Crippen LogP contribution >= 0.6 is 0 Å². The molecule has 1 heterocycles. The van der Waals surface area contributed by atoms with Gasteiger partial charge in [-0.1, -0.05) is 24.3 Å². The monoisotopic (exact) mass is 545 g/mol. The Morgan fingerprint density at radius 1 is 0.865 bits per heavy atom. The maximum Gasteiger partial charge on any atom is 0.573 e. The molecule has 0 aliphatic carbocycles. The lowest BCUT2D eigenvalue weighted by Crippen LogP contribution is -2.53. The molecule has 0 spiro atoms. The van der Waals surface area contributed by atoms with E-state index in [0.717, 1.165) is 24.3 Å². The van der Waals surface area contributed by atoms with Gasteiger partial charge >= 0.3 is 18.7 Å². The highest BCUT2D eigenvalue weighted by Crippen LogP contribution is 2.50. The Labute approximate surface area is 204 Å². The van der Waals surface area contributed by atoms with Crippen molar-refractivity contribution in [1.82, 2.24) is 9.80 Å². The maximum atomic E-state index is 13.0. The third-order valence-corrected chi connectivity index (χ3v) is 5.74. The van der Waals surface area contributed by atoms with Crippen molar-refractivity contribution in [3.63, 3.8) is 0 Å². The molecule has 1 saturated heterocycles. The fourth-order valence-corrected chi connectivity index (χ4v) is 3.77. The smallest absolute Gasteiger partial charge is 0.404 e. The van der Waals surface area contributed by atoms with E-state index in [0.29, 0.717) is 17.7 Å². The molecular weight excluding hydrogens is 525 g/mol. The standard InChI is InChI=1S/C22H20F9N3O3/c23-20(24,25)19(36,21(26,27)28)15-4-1-13(2-5-15)12-33-7-9-34(10-8-33)18(35)14-3-6-16(32)17(11-14)37-22(29,30)31/h1-6,11,36H,7-10,12,32H2. The molecule has 0 aromatic heterocycles. The fourth-order valence-electron chi connectivity index (χ4n) is 3.77. The van der Waals surface area contributed by atoms with E-state index in [2.05, 4.69) is 4.74 Å². The zero-order chi connectivity index (χ0) is 27.8. The first-order valence-electron chi connectivity index (χ1n) is 10.5. The molecule has 1 aliphatic rings. The second kappa shape index (κ2) is 9.93. The van der Waals surface area contributed by atoms with Crippen LogP contribution in [0.2, 0.25) is 0 Å². The van der Waals surface area contributed by atoms with Crippen molar-refractivity contribution in [2.75, 3.05) is 31.9 Å². The summed E-state index contributed by atoms with van der Waals surface area (Å²) in [5, 5.41) is 9.46. The molecule has 0 saturated carbocycles. The normalized spacial score (nSPS) is 16.1. The number of hydrogen-bond acceptors (Lipinski definition) is 5. The van der Waals surface area contributed by atoms with Crippen LogP contribution in [-0.4, -0.2) is 65.7 Å². The van der Waals surface area contributed by atoms with Crippen molar-refractivity contribution in [2.24, 2.45) is 0 Å². The fraction of sp³-hybridized carbons (Fsp3) is 0.409. The predicted molar refractivity (Wildman–Crippen MR) is 111 cm³/mol. The first-order valence-corrected chi connectivity index (χ1v) is 10.5. The Balaban J connectivity index is 1.63. The number of nitrogens with two attached hydrogens (primary N) is 1. The Hall–Kier alpha value is -3.20. The number of ether oxygens (including phenoxy) is 1. The van der Waals surface area contributed by atoms with Gasteiger partial charge in [-0.05, 0) is 23.8 Å². The van der Waals surface area contributed by atoms with Crippen LogP contribution in [0.5, 0.6) is 5.75 Å². The quantitative estimate of drug-likeness (QED) is 0.429. The molecule has 37 heavy (non-hydrogen) atoms. The number of rotatable bonds is 5. The van der Waals surface area contributed by atoms with Crippen LogP contribution in [0.25, 0.3) is 0 Å². The second-order valence-electron chi connectivity index (χ2n) is 8.27. The lowest BCUT2D eigenvalue weighted by atomic mass is 9.91. The van der Waals surface area contributed by atoms with Gasteiger partial charge in [0.15, 0.2) is 5.75 Å². The number of carbonyl (C=O) groups excluding carboxylic acids is 1. The summed E-state index contributed by atoms with van der Waals surface area (Å²) in [6, 6.07) is 6.40. The van der Waals surface area contributed by atoms with E-state index in [4.69, 9.17) is 5.73 Å². The lowest BCUT2D eigenvalue weighted by Gasteiger charge is -2.35. The van der Waals surface area contributed by atoms with E-state index in [-0.39, 0.29) is 44.0 Å². The minimum absolute atomic E-state index is 0.0840. The van der Waals surface area contributed by atoms with Crippen LogP contribution in [0, 0.1) is 0 Å². The molecule has 204 valence electrons. The molecule has 2 aromatic rings. The van der Waals surface area contributed by atoms with E-state index in [1.165, 1.54) is 11.0 Å². The van der Waals surface area contributed by atoms with E-state index in [1.807, 2.05) is 0 Å². The van der Waals surface area contributed by atoms with Gasteiger partial charge in [0, 0.05) is 43.9 Å². The van der Waals surface area contributed by atoms with Crippen LogP contribution in [0.4, 0.5) is 45.2 Å². The Morgan fingerprint density at radius 2 is 1.41 bits per heavy atom. The van der Waals surface area contributed by atoms with Gasteiger partial charge < -0.3 is 20.5 Å². The van der Waals surface area contributed by atoms with Crippen molar-refractivity contribution in [3.8, 4) is 5.75 Å². The van der Waals surface area contributed by atoms with Crippen molar-refractivity contribution < 1.29 is 54.2 Å². The molecule has 0 unspecified atom stereocenters. The summed E-state index contributed by atoms with van der Waals surface area (Å²) in [5.41, 5.74) is -0.959. The number of carbonyl (C=O) groups is 1. The summed E-state index contributed by atoms with van der Waals surface area (Å²) in [6.45, 7) is 0.967. The van der Waals surface area contributed by atoms with Gasteiger partial charge in [-0.2, -0.15) is 26.3 Å². The molecule has 1 fully saturated rings. The van der Waals surface area contributed by atoms with Crippen molar-refractivity contribution in [3.05, 3.63) is 59.2 Å². The van der Waals surface area contributed by atoms with Crippen molar-refractivity contribution in [1.29, 1.82) is 0 Å². The van der Waals surface area contributed by atoms with E-state index < -0.39 is 41.5 Å². The number of amides is 1. The van der Waals surface area contributed by atoms with Crippen LogP contribution in [-0.2, 0) is 12.1 Å². The van der Waals surface area contributed by atoms with E-state index in [9.17, 15) is 49.4 Å². The van der Waals surface area contributed by atoms with Crippen molar-refractivity contribution in [2.45, 2.75) is 30.9 Å². The number of piperazine rings is 1. The maximum absolute atomic E-state index is 13.0. The summed E-state index contributed by atoms with van der Waals surface area (Å²) in [5.74, 6) is -1.29. The molecule has 0 bridgehead atoms. The zero-order valence-electron chi connectivity index (χ0n) is 18.7. The number of alkyl halides is 9. The minimum Gasteiger partial charge on any atom is -0.404 e. The van der Waals surface area contributed by atoms with Gasteiger partial charge in [0.2, 0.25) is 0 Å².